The first kappa shape index (κ1) is 11.2. The minimum atomic E-state index is 0.755. The highest BCUT2D eigenvalue weighted by molar-refractivity contribution is 5.13. The second-order valence-electron chi connectivity index (χ2n) is 5.41. The van der Waals surface area contributed by atoms with Crippen molar-refractivity contribution in [3.05, 3.63) is 29.6 Å². The number of piperidine rings is 1. The fourth-order valence-corrected chi connectivity index (χ4v) is 3.19. The summed E-state index contributed by atoms with van der Waals surface area (Å²) in [5, 5.41) is 3.53. The Kier molecular flexibility index (Phi) is 3.12. The van der Waals surface area contributed by atoms with Crippen molar-refractivity contribution < 1.29 is 0 Å². The van der Waals surface area contributed by atoms with Gasteiger partial charge < -0.3 is 5.32 Å². The SMILES string of the molecule is Cc1ccc(CN2CCCC3CNCC32)cn1. The Morgan fingerprint density at radius 1 is 1.41 bits per heavy atom. The lowest BCUT2D eigenvalue weighted by atomic mass is 9.92. The van der Waals surface area contributed by atoms with Gasteiger partial charge in [-0.25, -0.2) is 0 Å². The van der Waals surface area contributed by atoms with Crippen LogP contribution in [-0.2, 0) is 6.54 Å². The van der Waals surface area contributed by atoms with E-state index in [1.807, 2.05) is 13.1 Å². The number of nitrogens with one attached hydrogen (secondary N) is 1. The summed E-state index contributed by atoms with van der Waals surface area (Å²) in [5.74, 6) is 0.877. The molecule has 0 aliphatic carbocycles. The van der Waals surface area contributed by atoms with Crippen LogP contribution in [0.4, 0.5) is 0 Å². The Hall–Kier alpha value is -0.930. The first-order valence-corrected chi connectivity index (χ1v) is 6.69. The summed E-state index contributed by atoms with van der Waals surface area (Å²) in [6.45, 7) is 6.74. The molecule has 2 atom stereocenters. The number of likely N-dealkylation sites (tertiary alicyclic amines) is 1. The van der Waals surface area contributed by atoms with Crippen molar-refractivity contribution in [2.75, 3.05) is 19.6 Å². The van der Waals surface area contributed by atoms with Crippen molar-refractivity contribution in [1.29, 1.82) is 0 Å². The van der Waals surface area contributed by atoms with Crippen molar-refractivity contribution in [2.45, 2.75) is 32.4 Å². The molecule has 92 valence electrons. The van der Waals surface area contributed by atoms with Crippen molar-refractivity contribution in [3.8, 4) is 0 Å². The number of aromatic nitrogens is 1. The van der Waals surface area contributed by atoms with E-state index in [1.165, 1.54) is 38.0 Å². The third kappa shape index (κ3) is 2.35. The van der Waals surface area contributed by atoms with Crippen molar-refractivity contribution >= 4 is 0 Å². The van der Waals surface area contributed by atoms with Gasteiger partial charge in [-0.1, -0.05) is 6.07 Å². The Morgan fingerprint density at radius 2 is 2.35 bits per heavy atom. The Bertz CT molecular complexity index is 374. The molecule has 3 rings (SSSR count). The van der Waals surface area contributed by atoms with Gasteiger partial charge in [-0.2, -0.15) is 0 Å². The Labute approximate surface area is 103 Å². The summed E-state index contributed by atoms with van der Waals surface area (Å²) in [5.41, 5.74) is 2.45. The predicted molar refractivity (Wildman–Crippen MR) is 68.8 cm³/mol. The third-order valence-electron chi connectivity index (χ3n) is 4.15. The van der Waals surface area contributed by atoms with Gasteiger partial charge in [-0.05, 0) is 50.4 Å². The Morgan fingerprint density at radius 3 is 3.18 bits per heavy atom. The van der Waals surface area contributed by atoms with Crippen LogP contribution in [0, 0.1) is 12.8 Å². The van der Waals surface area contributed by atoms with Crippen LogP contribution in [0.5, 0.6) is 0 Å². The van der Waals surface area contributed by atoms with Crippen LogP contribution in [0.25, 0.3) is 0 Å². The monoisotopic (exact) mass is 231 g/mol. The van der Waals surface area contributed by atoms with E-state index in [4.69, 9.17) is 0 Å². The van der Waals surface area contributed by atoms with Crippen LogP contribution in [0.2, 0.25) is 0 Å². The van der Waals surface area contributed by atoms with Gasteiger partial charge in [0, 0.05) is 31.0 Å². The molecule has 0 aromatic carbocycles. The van der Waals surface area contributed by atoms with E-state index in [-0.39, 0.29) is 0 Å². The molecule has 2 aliphatic rings. The highest BCUT2D eigenvalue weighted by atomic mass is 15.2. The molecule has 17 heavy (non-hydrogen) atoms. The molecule has 0 amide bonds. The van der Waals surface area contributed by atoms with Crippen molar-refractivity contribution in [3.63, 3.8) is 0 Å². The minimum absolute atomic E-state index is 0.755. The molecular formula is C14H21N3. The lowest BCUT2D eigenvalue weighted by Crippen LogP contribution is -2.44. The molecule has 3 heteroatoms. The van der Waals surface area contributed by atoms with E-state index < -0.39 is 0 Å². The normalized spacial score (nSPS) is 29.2. The largest absolute Gasteiger partial charge is 0.315 e. The smallest absolute Gasteiger partial charge is 0.0372 e. The van der Waals surface area contributed by atoms with Crippen molar-refractivity contribution in [1.82, 2.24) is 15.2 Å². The molecule has 3 heterocycles. The predicted octanol–water partition coefficient (Wildman–Crippen LogP) is 1.57. The molecular weight excluding hydrogens is 210 g/mol. The molecule has 1 N–H and O–H groups in total. The zero-order valence-electron chi connectivity index (χ0n) is 10.5. The second-order valence-corrected chi connectivity index (χ2v) is 5.41. The number of hydrogen-bond donors (Lipinski definition) is 1. The summed E-state index contributed by atoms with van der Waals surface area (Å²) >= 11 is 0. The molecule has 2 unspecified atom stereocenters. The molecule has 2 saturated heterocycles. The maximum atomic E-state index is 4.39. The van der Waals surface area contributed by atoms with Gasteiger partial charge in [0.15, 0.2) is 0 Å². The molecule has 0 radical (unpaired) electrons. The van der Waals surface area contributed by atoms with Crippen LogP contribution in [0.3, 0.4) is 0 Å². The molecule has 0 spiro atoms. The zero-order valence-corrected chi connectivity index (χ0v) is 10.5. The lowest BCUT2D eigenvalue weighted by molar-refractivity contribution is 0.117. The van der Waals surface area contributed by atoms with E-state index in [0.29, 0.717) is 0 Å². The Balaban J connectivity index is 1.69. The van der Waals surface area contributed by atoms with E-state index in [0.717, 1.165) is 24.2 Å². The molecule has 0 saturated carbocycles. The second kappa shape index (κ2) is 4.75. The van der Waals surface area contributed by atoms with Crippen LogP contribution >= 0.6 is 0 Å². The number of fused-ring (bicyclic) bond motifs is 1. The number of hydrogen-bond acceptors (Lipinski definition) is 3. The minimum Gasteiger partial charge on any atom is -0.315 e. The number of pyridine rings is 1. The van der Waals surface area contributed by atoms with Gasteiger partial charge in [0.1, 0.15) is 0 Å². The van der Waals surface area contributed by atoms with Crippen LogP contribution < -0.4 is 5.32 Å². The molecule has 1 aromatic heterocycles. The van der Waals surface area contributed by atoms with Gasteiger partial charge in [0.2, 0.25) is 0 Å². The quantitative estimate of drug-likeness (QED) is 0.837. The standard InChI is InChI=1S/C14H21N3/c1-11-4-5-12(7-16-11)10-17-6-2-3-13-8-15-9-14(13)17/h4-5,7,13-15H,2-3,6,8-10H2,1H3. The van der Waals surface area contributed by atoms with E-state index in [2.05, 4.69) is 27.3 Å². The summed E-state index contributed by atoms with van der Waals surface area (Å²) in [7, 11) is 0. The van der Waals surface area contributed by atoms with Crippen LogP contribution in [0.1, 0.15) is 24.1 Å². The molecule has 3 nitrogen and oxygen atoms in total. The fraction of sp³-hybridized carbons (Fsp3) is 0.643. The highest BCUT2D eigenvalue weighted by Crippen LogP contribution is 2.27. The maximum absolute atomic E-state index is 4.39. The summed E-state index contributed by atoms with van der Waals surface area (Å²) < 4.78 is 0. The van der Waals surface area contributed by atoms with Gasteiger partial charge in [-0.15, -0.1) is 0 Å². The lowest BCUT2D eigenvalue weighted by Gasteiger charge is -2.37. The van der Waals surface area contributed by atoms with Crippen LogP contribution in [0.15, 0.2) is 18.3 Å². The maximum Gasteiger partial charge on any atom is 0.0372 e. The summed E-state index contributed by atoms with van der Waals surface area (Å²) in [6, 6.07) is 5.09. The van der Waals surface area contributed by atoms with Crippen molar-refractivity contribution in [2.24, 2.45) is 5.92 Å². The average molecular weight is 231 g/mol. The number of aryl methyl sites for hydroxylation is 1. The highest BCUT2D eigenvalue weighted by Gasteiger charge is 2.34. The van der Waals surface area contributed by atoms with E-state index in [9.17, 15) is 0 Å². The van der Waals surface area contributed by atoms with E-state index >= 15 is 0 Å². The molecule has 2 fully saturated rings. The first-order chi connectivity index (χ1) is 8.33. The van der Waals surface area contributed by atoms with Gasteiger partial charge in [0.05, 0.1) is 0 Å². The molecule has 0 bridgehead atoms. The van der Waals surface area contributed by atoms with E-state index in [1.54, 1.807) is 0 Å². The third-order valence-corrected chi connectivity index (χ3v) is 4.15. The molecule has 2 aliphatic heterocycles. The zero-order chi connectivity index (χ0) is 11.7. The fourth-order valence-electron chi connectivity index (χ4n) is 3.19. The summed E-state index contributed by atoms with van der Waals surface area (Å²) in [6.07, 6.45) is 4.78. The topological polar surface area (TPSA) is 28.2 Å². The van der Waals surface area contributed by atoms with Gasteiger partial charge in [-0.3, -0.25) is 9.88 Å². The van der Waals surface area contributed by atoms with Gasteiger partial charge >= 0.3 is 0 Å². The first-order valence-electron chi connectivity index (χ1n) is 6.69. The van der Waals surface area contributed by atoms with Gasteiger partial charge in [0.25, 0.3) is 0 Å². The summed E-state index contributed by atoms with van der Waals surface area (Å²) in [4.78, 5) is 7.03. The average Bonchev–Trinajstić information content (AvgIpc) is 2.81. The van der Waals surface area contributed by atoms with Crippen LogP contribution in [-0.4, -0.2) is 35.6 Å². The number of nitrogens with zero attached hydrogens (tertiary/aromatic N) is 2. The number of rotatable bonds is 2. The molecule has 1 aromatic rings.